The molecule has 0 aliphatic carbocycles. The summed E-state index contributed by atoms with van der Waals surface area (Å²) < 4.78 is 2.69. The van der Waals surface area contributed by atoms with Crippen molar-refractivity contribution in [3.8, 4) is 0 Å². The van der Waals surface area contributed by atoms with Crippen LogP contribution in [0.3, 0.4) is 0 Å². The molecular formula is C20H17N3S4. The highest BCUT2D eigenvalue weighted by atomic mass is 32.2. The van der Waals surface area contributed by atoms with Crippen molar-refractivity contribution >= 4 is 63.9 Å². The van der Waals surface area contributed by atoms with Gasteiger partial charge < -0.3 is 0 Å². The summed E-state index contributed by atoms with van der Waals surface area (Å²) in [6, 6.07) is 12.3. The van der Waals surface area contributed by atoms with E-state index in [-0.39, 0.29) is 0 Å². The smallest absolute Gasteiger partial charge is 0.0838 e. The zero-order valence-corrected chi connectivity index (χ0v) is 18.1. The summed E-state index contributed by atoms with van der Waals surface area (Å²) in [5.41, 5.74) is 8.36. The van der Waals surface area contributed by atoms with Crippen LogP contribution in [0.25, 0.3) is 4.91 Å². The van der Waals surface area contributed by atoms with Crippen LogP contribution in [0.5, 0.6) is 0 Å². The van der Waals surface area contributed by atoms with Crippen LogP contribution < -0.4 is 5.43 Å². The molecule has 0 radical (unpaired) electrons. The summed E-state index contributed by atoms with van der Waals surface area (Å²) in [6.45, 7) is 4.17. The normalized spacial score (nSPS) is 16.4. The molecule has 0 amide bonds. The van der Waals surface area contributed by atoms with Crippen molar-refractivity contribution in [2.24, 2.45) is 5.10 Å². The first-order valence-electron chi connectivity index (χ1n) is 8.30. The van der Waals surface area contributed by atoms with Crippen LogP contribution in [0.15, 0.2) is 66.2 Å². The van der Waals surface area contributed by atoms with E-state index in [4.69, 9.17) is 4.98 Å². The van der Waals surface area contributed by atoms with Crippen molar-refractivity contribution < 1.29 is 0 Å². The van der Waals surface area contributed by atoms with E-state index >= 15 is 0 Å². The number of thioether (sulfide) groups is 4. The van der Waals surface area contributed by atoms with E-state index in [2.05, 4.69) is 58.8 Å². The van der Waals surface area contributed by atoms with Gasteiger partial charge in [-0.2, -0.15) is 5.10 Å². The minimum atomic E-state index is 0.837. The van der Waals surface area contributed by atoms with E-state index in [0.717, 1.165) is 17.1 Å². The van der Waals surface area contributed by atoms with E-state index in [9.17, 15) is 0 Å². The molecule has 0 saturated heterocycles. The van der Waals surface area contributed by atoms with Gasteiger partial charge in [-0.1, -0.05) is 70.8 Å². The number of benzene rings is 1. The Morgan fingerprint density at radius 3 is 2.67 bits per heavy atom. The Hall–Kier alpha value is -1.54. The van der Waals surface area contributed by atoms with Gasteiger partial charge in [0.1, 0.15) is 0 Å². The van der Waals surface area contributed by atoms with Crippen LogP contribution in [0.1, 0.15) is 22.5 Å². The fourth-order valence-electron chi connectivity index (χ4n) is 2.53. The number of hydrogen-bond acceptors (Lipinski definition) is 7. The molecule has 27 heavy (non-hydrogen) atoms. The van der Waals surface area contributed by atoms with Crippen molar-refractivity contribution in [1.82, 2.24) is 4.98 Å². The van der Waals surface area contributed by atoms with Crippen LogP contribution in [-0.4, -0.2) is 11.2 Å². The van der Waals surface area contributed by atoms with Gasteiger partial charge in [-0.3, -0.25) is 5.43 Å². The van der Waals surface area contributed by atoms with Gasteiger partial charge in [0.15, 0.2) is 0 Å². The number of aryl methyl sites for hydroxylation is 2. The molecule has 1 N–H and O–H groups in total. The number of nitrogens with one attached hydrogen (secondary N) is 1. The van der Waals surface area contributed by atoms with Crippen molar-refractivity contribution in [1.29, 1.82) is 0 Å². The molecule has 2 aliphatic heterocycles. The average molecular weight is 428 g/mol. The number of pyridine rings is 1. The maximum absolute atomic E-state index is 4.74. The predicted molar refractivity (Wildman–Crippen MR) is 126 cm³/mol. The third-order valence-electron chi connectivity index (χ3n) is 3.83. The molecule has 7 heteroatoms. The molecule has 0 atom stereocenters. The molecular weight excluding hydrogens is 411 g/mol. The second kappa shape index (κ2) is 8.65. The summed E-state index contributed by atoms with van der Waals surface area (Å²) in [4.78, 5) is 5.93. The maximum atomic E-state index is 4.74. The Balaban J connectivity index is 1.44. The molecule has 0 spiro atoms. The highest BCUT2D eigenvalue weighted by Crippen LogP contribution is 2.55. The summed E-state index contributed by atoms with van der Waals surface area (Å²) in [6.07, 6.45) is 1.77. The van der Waals surface area contributed by atoms with Crippen LogP contribution in [0.4, 0.5) is 5.69 Å². The monoisotopic (exact) mass is 427 g/mol. The zero-order valence-electron chi connectivity index (χ0n) is 14.8. The van der Waals surface area contributed by atoms with E-state index in [0.29, 0.717) is 0 Å². The first-order chi connectivity index (χ1) is 13.2. The predicted octanol–water partition coefficient (Wildman–Crippen LogP) is 7.00. The van der Waals surface area contributed by atoms with Crippen LogP contribution in [0, 0.1) is 13.8 Å². The number of hydrazone groups is 1. The average Bonchev–Trinajstić information content (AvgIpc) is 3.35. The Bertz CT molecular complexity index is 982. The van der Waals surface area contributed by atoms with Gasteiger partial charge in [-0.05, 0) is 53.8 Å². The van der Waals surface area contributed by atoms with E-state index in [1.165, 1.54) is 24.5 Å². The Morgan fingerprint density at radius 1 is 1.00 bits per heavy atom. The van der Waals surface area contributed by atoms with Gasteiger partial charge in [0, 0.05) is 4.91 Å². The van der Waals surface area contributed by atoms with Crippen LogP contribution in [0.2, 0.25) is 0 Å². The molecule has 136 valence electrons. The van der Waals surface area contributed by atoms with Gasteiger partial charge in [-0.15, -0.1) is 0 Å². The highest BCUT2D eigenvalue weighted by molar-refractivity contribution is 8.35. The molecule has 0 fully saturated rings. The molecule has 1 aromatic heterocycles. The second-order valence-electron chi connectivity index (χ2n) is 5.92. The lowest BCUT2D eigenvalue weighted by Crippen LogP contribution is -1.96. The molecule has 2 aromatic rings. The van der Waals surface area contributed by atoms with Crippen molar-refractivity contribution in [3.05, 3.63) is 83.6 Å². The maximum Gasteiger partial charge on any atom is 0.0838 e. The summed E-state index contributed by atoms with van der Waals surface area (Å²) in [5, 5.41) is 10.8. The van der Waals surface area contributed by atoms with Gasteiger partial charge in [0.2, 0.25) is 0 Å². The Morgan fingerprint density at radius 2 is 1.85 bits per heavy atom. The number of nitrogens with zero attached hydrogens (tertiary/aromatic N) is 2. The van der Waals surface area contributed by atoms with Gasteiger partial charge in [-0.25, -0.2) is 4.98 Å². The second-order valence-corrected chi connectivity index (χ2v) is 10.2. The molecule has 0 bridgehead atoms. The highest BCUT2D eigenvalue weighted by Gasteiger charge is 2.20. The molecule has 4 rings (SSSR count). The van der Waals surface area contributed by atoms with Crippen molar-refractivity contribution in [3.63, 3.8) is 0 Å². The number of anilines is 1. The third kappa shape index (κ3) is 4.66. The number of hydrogen-bond donors (Lipinski definition) is 1. The quantitative estimate of drug-likeness (QED) is 0.418. The van der Waals surface area contributed by atoms with Crippen molar-refractivity contribution in [2.75, 3.05) is 5.43 Å². The molecule has 3 nitrogen and oxygen atoms in total. The Labute approximate surface area is 176 Å². The largest absolute Gasteiger partial charge is 0.278 e. The summed E-state index contributed by atoms with van der Waals surface area (Å²) in [7, 11) is 0. The minimum absolute atomic E-state index is 0.837. The molecule has 1 aromatic carbocycles. The first kappa shape index (κ1) is 18.8. The minimum Gasteiger partial charge on any atom is -0.278 e. The zero-order chi connectivity index (χ0) is 18.6. The lowest BCUT2D eigenvalue weighted by atomic mass is 10.1. The van der Waals surface area contributed by atoms with Gasteiger partial charge in [0.25, 0.3) is 0 Å². The van der Waals surface area contributed by atoms with E-state index in [1.54, 1.807) is 53.3 Å². The molecule has 2 aliphatic rings. The van der Waals surface area contributed by atoms with E-state index in [1.807, 2.05) is 18.2 Å². The van der Waals surface area contributed by atoms with Gasteiger partial charge >= 0.3 is 0 Å². The van der Waals surface area contributed by atoms with Crippen molar-refractivity contribution in [2.45, 2.75) is 13.8 Å². The lowest BCUT2D eigenvalue weighted by molar-refractivity contribution is 1.25. The Kier molecular flexibility index (Phi) is 6.02. The van der Waals surface area contributed by atoms with Crippen LogP contribution >= 0.6 is 47.0 Å². The summed E-state index contributed by atoms with van der Waals surface area (Å²) in [5.74, 6) is 0. The number of aromatic nitrogens is 1. The molecule has 3 heterocycles. The number of rotatable bonds is 4. The molecule has 0 unspecified atom stereocenters. The fourth-order valence-corrected chi connectivity index (χ4v) is 6.96. The van der Waals surface area contributed by atoms with Crippen LogP contribution in [-0.2, 0) is 0 Å². The van der Waals surface area contributed by atoms with Gasteiger partial charge in [0.05, 0.1) is 31.8 Å². The standard InChI is InChI=1S/C20H17N3S4/c1-13-6-7-16(14(2)10-13)23-21-11-15-4-3-5-17(22-15)18-12-26-20(27-18)19-24-8-9-25-19/h3-12,23H,1-2H3/b21-11+. The molecule has 0 saturated carbocycles. The summed E-state index contributed by atoms with van der Waals surface area (Å²) >= 11 is 7.15. The first-order valence-corrected chi connectivity index (χ1v) is 11.8. The fraction of sp³-hybridized carbons (Fsp3) is 0.100. The topological polar surface area (TPSA) is 37.3 Å². The third-order valence-corrected chi connectivity index (χ3v) is 8.88. The van der Waals surface area contributed by atoms with E-state index < -0.39 is 0 Å². The SMILES string of the molecule is Cc1ccc(N/N=C/c2cccc(C3=CSC(=C4SC=CS4)S3)n2)c(C)c1. The lowest BCUT2D eigenvalue weighted by Gasteiger charge is -2.06.